The molecule has 0 aromatic carbocycles. The predicted molar refractivity (Wildman–Crippen MR) is 53.2 cm³/mol. The van der Waals surface area contributed by atoms with Crippen molar-refractivity contribution in [2.75, 3.05) is 12.3 Å². The first-order valence-electron chi connectivity index (χ1n) is 4.39. The molecule has 0 amide bonds. The van der Waals surface area contributed by atoms with Crippen molar-refractivity contribution in [2.24, 2.45) is 0 Å². The van der Waals surface area contributed by atoms with E-state index in [1.54, 1.807) is 4.68 Å². The largest absolute Gasteiger partial charge is 0.381 e. The highest BCUT2D eigenvalue weighted by molar-refractivity contribution is 9.10. The molecule has 1 aromatic heterocycles. The lowest BCUT2D eigenvalue weighted by molar-refractivity contribution is -0.0393. The van der Waals surface area contributed by atoms with Crippen molar-refractivity contribution in [3.8, 4) is 0 Å². The van der Waals surface area contributed by atoms with Crippen LogP contribution >= 0.6 is 15.9 Å². The number of anilines is 1. The summed E-state index contributed by atoms with van der Waals surface area (Å²) < 4.78 is 8.18. The Balaban J connectivity index is 2.14. The first-order valence-corrected chi connectivity index (χ1v) is 5.18. The first-order chi connectivity index (χ1) is 6.27. The Bertz CT molecular complexity index is 274. The Hall–Kier alpha value is -0.550. The molecule has 5 heteroatoms. The van der Waals surface area contributed by atoms with Crippen LogP contribution in [0.3, 0.4) is 0 Å². The smallest absolute Gasteiger partial charge is 0.159 e. The maximum absolute atomic E-state index is 5.61. The molecule has 2 rings (SSSR count). The maximum atomic E-state index is 5.61. The van der Waals surface area contributed by atoms with Crippen LogP contribution in [0.1, 0.15) is 25.5 Å². The Kier molecular flexibility index (Phi) is 2.55. The van der Waals surface area contributed by atoms with E-state index in [0.29, 0.717) is 5.82 Å². The van der Waals surface area contributed by atoms with E-state index < -0.39 is 0 Å². The zero-order chi connectivity index (χ0) is 9.26. The number of halogens is 1. The molecule has 0 bridgehead atoms. The third-order valence-electron chi connectivity index (χ3n) is 2.16. The second kappa shape index (κ2) is 3.67. The van der Waals surface area contributed by atoms with Gasteiger partial charge in [0.05, 0.1) is 4.47 Å². The third kappa shape index (κ3) is 1.86. The normalized spacial score (nSPS) is 23.3. The molecule has 72 valence electrons. The second-order valence-corrected chi connectivity index (χ2v) is 4.02. The molecule has 0 aliphatic carbocycles. The summed E-state index contributed by atoms with van der Waals surface area (Å²) in [7, 11) is 0. The van der Waals surface area contributed by atoms with Crippen molar-refractivity contribution in [3.63, 3.8) is 0 Å². The van der Waals surface area contributed by atoms with Gasteiger partial charge in [0.2, 0.25) is 0 Å². The third-order valence-corrected chi connectivity index (χ3v) is 2.78. The number of rotatable bonds is 1. The molecule has 1 atom stereocenters. The van der Waals surface area contributed by atoms with Crippen LogP contribution in [0.25, 0.3) is 0 Å². The Morgan fingerprint density at radius 1 is 1.62 bits per heavy atom. The van der Waals surface area contributed by atoms with Crippen LogP contribution in [-0.2, 0) is 4.74 Å². The van der Waals surface area contributed by atoms with E-state index in [-0.39, 0.29) is 6.23 Å². The lowest BCUT2D eigenvalue weighted by Crippen LogP contribution is -2.18. The number of aromatic nitrogens is 2. The van der Waals surface area contributed by atoms with Gasteiger partial charge in [-0.2, -0.15) is 5.10 Å². The average Bonchev–Trinajstić information content (AvgIpc) is 2.49. The maximum Gasteiger partial charge on any atom is 0.159 e. The molecule has 1 aliphatic heterocycles. The van der Waals surface area contributed by atoms with Gasteiger partial charge in [0.1, 0.15) is 6.23 Å². The van der Waals surface area contributed by atoms with Gasteiger partial charge in [0.15, 0.2) is 5.82 Å². The van der Waals surface area contributed by atoms with E-state index in [0.717, 1.165) is 23.9 Å². The zero-order valence-corrected chi connectivity index (χ0v) is 8.83. The van der Waals surface area contributed by atoms with Gasteiger partial charge in [-0.25, -0.2) is 4.68 Å². The molecule has 2 N–H and O–H groups in total. The van der Waals surface area contributed by atoms with Crippen molar-refractivity contribution < 1.29 is 4.74 Å². The summed E-state index contributed by atoms with van der Waals surface area (Å²) in [4.78, 5) is 0. The van der Waals surface area contributed by atoms with Gasteiger partial charge in [-0.15, -0.1) is 0 Å². The number of ether oxygens (including phenoxy) is 1. The highest BCUT2D eigenvalue weighted by Gasteiger charge is 2.17. The summed E-state index contributed by atoms with van der Waals surface area (Å²) in [5.74, 6) is 0.522. The minimum atomic E-state index is 0.0716. The Morgan fingerprint density at radius 2 is 2.46 bits per heavy atom. The van der Waals surface area contributed by atoms with Crippen molar-refractivity contribution in [1.82, 2.24) is 9.78 Å². The highest BCUT2D eigenvalue weighted by Crippen LogP contribution is 2.25. The monoisotopic (exact) mass is 245 g/mol. The number of hydrogen-bond donors (Lipinski definition) is 1. The summed E-state index contributed by atoms with van der Waals surface area (Å²) in [5, 5.41) is 4.16. The predicted octanol–water partition coefficient (Wildman–Crippen LogP) is 1.93. The molecule has 1 saturated heterocycles. The molecule has 4 nitrogen and oxygen atoms in total. The van der Waals surface area contributed by atoms with Gasteiger partial charge in [0.25, 0.3) is 0 Å². The van der Waals surface area contributed by atoms with Gasteiger partial charge < -0.3 is 10.5 Å². The van der Waals surface area contributed by atoms with Gasteiger partial charge >= 0.3 is 0 Å². The number of nitrogen functional groups attached to an aromatic ring is 1. The van der Waals surface area contributed by atoms with E-state index in [1.807, 2.05) is 6.20 Å². The van der Waals surface area contributed by atoms with Crippen LogP contribution in [0.4, 0.5) is 5.82 Å². The van der Waals surface area contributed by atoms with Crippen LogP contribution < -0.4 is 5.73 Å². The molecule has 1 unspecified atom stereocenters. The molecule has 1 aliphatic rings. The summed E-state index contributed by atoms with van der Waals surface area (Å²) in [6.07, 6.45) is 5.30. The molecule has 13 heavy (non-hydrogen) atoms. The number of nitrogens with zero attached hydrogens (tertiary/aromatic N) is 2. The molecule has 1 aromatic rings. The van der Waals surface area contributed by atoms with E-state index in [2.05, 4.69) is 21.0 Å². The molecular weight excluding hydrogens is 234 g/mol. The molecule has 2 heterocycles. The fourth-order valence-corrected chi connectivity index (χ4v) is 1.75. The average molecular weight is 246 g/mol. The van der Waals surface area contributed by atoms with Gasteiger partial charge in [-0.05, 0) is 35.2 Å². The van der Waals surface area contributed by atoms with Crippen molar-refractivity contribution in [3.05, 3.63) is 10.7 Å². The molecule has 1 fully saturated rings. The quantitative estimate of drug-likeness (QED) is 0.823. The lowest BCUT2D eigenvalue weighted by atomic mass is 10.2. The first kappa shape index (κ1) is 9.02. The van der Waals surface area contributed by atoms with Gasteiger partial charge in [-0.3, -0.25) is 0 Å². The minimum absolute atomic E-state index is 0.0716. The minimum Gasteiger partial charge on any atom is -0.381 e. The van der Waals surface area contributed by atoms with Crippen molar-refractivity contribution in [2.45, 2.75) is 25.5 Å². The van der Waals surface area contributed by atoms with Gasteiger partial charge in [-0.1, -0.05) is 0 Å². The van der Waals surface area contributed by atoms with Crippen LogP contribution in [-0.4, -0.2) is 16.4 Å². The molecule has 0 radical (unpaired) electrons. The van der Waals surface area contributed by atoms with E-state index in [4.69, 9.17) is 10.5 Å². The van der Waals surface area contributed by atoms with Gasteiger partial charge in [0, 0.05) is 12.8 Å². The fourth-order valence-electron chi connectivity index (χ4n) is 1.46. The Labute approximate surface area is 85.2 Å². The molecule has 0 spiro atoms. The summed E-state index contributed by atoms with van der Waals surface area (Å²) >= 11 is 3.32. The van der Waals surface area contributed by atoms with Crippen LogP contribution in [0.5, 0.6) is 0 Å². The topological polar surface area (TPSA) is 53.1 Å². The number of hydrogen-bond acceptors (Lipinski definition) is 3. The van der Waals surface area contributed by atoms with Crippen LogP contribution in [0, 0.1) is 0 Å². The SMILES string of the molecule is Nc1nn(C2CCCCO2)cc1Br. The van der Waals surface area contributed by atoms with Crippen molar-refractivity contribution >= 4 is 21.7 Å². The van der Waals surface area contributed by atoms with Crippen LogP contribution in [0.2, 0.25) is 0 Å². The fraction of sp³-hybridized carbons (Fsp3) is 0.625. The Morgan fingerprint density at radius 3 is 3.00 bits per heavy atom. The molecular formula is C8H12BrN3O. The van der Waals surface area contributed by atoms with Crippen LogP contribution in [0.15, 0.2) is 10.7 Å². The summed E-state index contributed by atoms with van der Waals surface area (Å²) in [6, 6.07) is 0. The summed E-state index contributed by atoms with van der Waals surface area (Å²) in [5.41, 5.74) is 5.61. The summed E-state index contributed by atoms with van der Waals surface area (Å²) in [6.45, 7) is 0.821. The standard InChI is InChI=1S/C8H12BrN3O/c9-6-5-12(11-8(6)10)7-3-1-2-4-13-7/h5,7H,1-4H2,(H2,10,11). The number of nitrogens with two attached hydrogens (primary N) is 1. The second-order valence-electron chi connectivity index (χ2n) is 3.16. The van der Waals surface area contributed by atoms with E-state index in [9.17, 15) is 0 Å². The zero-order valence-electron chi connectivity index (χ0n) is 7.24. The van der Waals surface area contributed by atoms with Crippen molar-refractivity contribution in [1.29, 1.82) is 0 Å². The molecule has 0 saturated carbocycles. The lowest BCUT2D eigenvalue weighted by Gasteiger charge is -2.22. The highest BCUT2D eigenvalue weighted by atomic mass is 79.9. The van der Waals surface area contributed by atoms with E-state index >= 15 is 0 Å². The van der Waals surface area contributed by atoms with E-state index in [1.165, 1.54) is 6.42 Å².